The van der Waals surface area contributed by atoms with Crippen LogP contribution < -0.4 is 0 Å². The van der Waals surface area contributed by atoms with Crippen LogP contribution in [0.5, 0.6) is 5.75 Å². The zero-order valence-electron chi connectivity index (χ0n) is 9.39. The molecule has 0 atom stereocenters. The van der Waals surface area contributed by atoms with E-state index in [0.717, 1.165) is 11.1 Å². The molecule has 0 aromatic heterocycles. The maximum absolute atomic E-state index is 11.0. The predicted molar refractivity (Wildman–Crippen MR) is 64.8 cm³/mol. The minimum absolute atomic E-state index is 0.103. The molecule has 0 heterocycles. The van der Waals surface area contributed by atoms with E-state index < -0.39 is 0 Å². The Balaban J connectivity index is 2.13. The molecular formula is C14H14O3. The lowest BCUT2D eigenvalue weighted by molar-refractivity contribution is -0.114. The van der Waals surface area contributed by atoms with Gasteiger partial charge in [-0.2, -0.15) is 0 Å². The van der Waals surface area contributed by atoms with Crippen molar-refractivity contribution in [3.8, 4) is 5.75 Å². The number of aromatic hydroxyl groups is 1. The lowest BCUT2D eigenvalue weighted by Crippen LogP contribution is -2.03. The first-order valence-electron chi connectivity index (χ1n) is 5.55. The van der Waals surface area contributed by atoms with E-state index in [1.807, 2.05) is 0 Å². The number of phenolic OH excluding ortho intramolecular Hbond substituents is 1. The Hall–Kier alpha value is -2.03. The standard InChI is InChI=1S/C14H14O3/c15-12-5-1-10(2-6-12)9-14(17)11-3-7-13(16)8-4-11/h1-3,5-7,15,17H,4,8-9H2. The molecule has 3 nitrogen and oxygen atoms in total. The van der Waals surface area contributed by atoms with Crippen LogP contribution in [0.2, 0.25) is 0 Å². The molecule has 0 saturated carbocycles. The Morgan fingerprint density at radius 2 is 1.82 bits per heavy atom. The molecule has 1 aromatic rings. The molecule has 2 rings (SSSR count). The number of carbonyl (C=O) groups is 1. The minimum Gasteiger partial charge on any atom is -0.512 e. The molecule has 0 spiro atoms. The smallest absolute Gasteiger partial charge is 0.156 e. The molecular weight excluding hydrogens is 216 g/mol. The Kier molecular flexibility index (Phi) is 3.28. The highest BCUT2D eigenvalue weighted by molar-refractivity contribution is 5.91. The number of rotatable bonds is 2. The largest absolute Gasteiger partial charge is 0.512 e. The first kappa shape index (κ1) is 11.5. The van der Waals surface area contributed by atoms with E-state index in [4.69, 9.17) is 5.11 Å². The highest BCUT2D eigenvalue weighted by Gasteiger charge is 2.11. The molecule has 0 unspecified atom stereocenters. The van der Waals surface area contributed by atoms with Gasteiger partial charge in [-0.3, -0.25) is 4.79 Å². The van der Waals surface area contributed by atoms with Gasteiger partial charge in [0.05, 0.1) is 5.76 Å². The van der Waals surface area contributed by atoms with Crippen molar-refractivity contribution in [3.63, 3.8) is 0 Å². The number of benzene rings is 1. The maximum Gasteiger partial charge on any atom is 0.156 e. The summed E-state index contributed by atoms with van der Waals surface area (Å²) in [6.07, 6.45) is 4.67. The molecule has 1 aromatic carbocycles. The number of phenols is 1. The molecule has 0 bridgehead atoms. The van der Waals surface area contributed by atoms with E-state index in [2.05, 4.69) is 0 Å². The summed E-state index contributed by atoms with van der Waals surface area (Å²) in [5.74, 6) is 0.606. The van der Waals surface area contributed by atoms with Gasteiger partial charge in [-0.1, -0.05) is 18.2 Å². The summed E-state index contributed by atoms with van der Waals surface area (Å²) in [5.41, 5.74) is 1.75. The lowest BCUT2D eigenvalue weighted by atomic mass is 9.97. The van der Waals surface area contributed by atoms with Crippen LogP contribution in [0.4, 0.5) is 0 Å². The minimum atomic E-state index is 0.103. The van der Waals surface area contributed by atoms with Crippen molar-refractivity contribution in [2.45, 2.75) is 19.3 Å². The van der Waals surface area contributed by atoms with Gasteiger partial charge in [-0.25, -0.2) is 0 Å². The van der Waals surface area contributed by atoms with E-state index in [0.29, 0.717) is 25.0 Å². The van der Waals surface area contributed by atoms with Gasteiger partial charge >= 0.3 is 0 Å². The van der Waals surface area contributed by atoms with Crippen molar-refractivity contribution in [3.05, 3.63) is 53.3 Å². The van der Waals surface area contributed by atoms with Crippen LogP contribution in [-0.4, -0.2) is 16.0 Å². The first-order valence-corrected chi connectivity index (χ1v) is 5.55. The fourth-order valence-electron chi connectivity index (χ4n) is 1.78. The van der Waals surface area contributed by atoms with Crippen LogP contribution in [0.3, 0.4) is 0 Å². The van der Waals surface area contributed by atoms with Gasteiger partial charge in [0, 0.05) is 12.8 Å². The van der Waals surface area contributed by atoms with Crippen molar-refractivity contribution in [1.82, 2.24) is 0 Å². The molecule has 88 valence electrons. The SMILES string of the molecule is O=C1C=CC(=C(O)Cc2ccc(O)cc2)CC1. The lowest BCUT2D eigenvalue weighted by Gasteiger charge is -2.10. The Labute approximate surface area is 99.7 Å². The van der Waals surface area contributed by atoms with Crippen LogP contribution in [0.1, 0.15) is 18.4 Å². The quantitative estimate of drug-likeness (QED) is 0.768. The van der Waals surface area contributed by atoms with Crippen LogP contribution in [0, 0.1) is 0 Å². The fraction of sp³-hybridized carbons (Fsp3) is 0.214. The Bertz CT molecular complexity index is 481. The summed E-state index contributed by atoms with van der Waals surface area (Å²) in [6, 6.07) is 6.72. The number of carbonyl (C=O) groups excluding carboxylic acids is 1. The highest BCUT2D eigenvalue weighted by atomic mass is 16.3. The molecule has 0 aliphatic heterocycles. The van der Waals surface area contributed by atoms with Gasteiger partial charge in [0.1, 0.15) is 5.75 Å². The topological polar surface area (TPSA) is 57.5 Å². The maximum atomic E-state index is 11.0. The van der Waals surface area contributed by atoms with Crippen LogP contribution in [0.25, 0.3) is 0 Å². The summed E-state index contributed by atoms with van der Waals surface area (Å²) < 4.78 is 0. The van der Waals surface area contributed by atoms with Crippen LogP contribution in [-0.2, 0) is 11.2 Å². The summed E-state index contributed by atoms with van der Waals surface area (Å²) in [6.45, 7) is 0. The number of hydrogen-bond donors (Lipinski definition) is 2. The van der Waals surface area contributed by atoms with Gasteiger partial charge in [-0.15, -0.1) is 0 Å². The zero-order chi connectivity index (χ0) is 12.3. The van der Waals surface area contributed by atoms with Crippen molar-refractivity contribution in [1.29, 1.82) is 0 Å². The second-order valence-electron chi connectivity index (χ2n) is 4.11. The number of aliphatic hydroxyl groups excluding tert-OH is 1. The summed E-state index contributed by atoms with van der Waals surface area (Å²) in [5, 5.41) is 19.1. The van der Waals surface area contributed by atoms with E-state index in [-0.39, 0.29) is 11.5 Å². The van der Waals surface area contributed by atoms with Gasteiger partial charge < -0.3 is 10.2 Å². The van der Waals surface area contributed by atoms with Crippen molar-refractivity contribution in [2.24, 2.45) is 0 Å². The van der Waals surface area contributed by atoms with Gasteiger partial charge in [0.15, 0.2) is 5.78 Å². The number of aliphatic hydroxyl groups is 1. The number of hydrogen-bond acceptors (Lipinski definition) is 3. The van der Waals surface area contributed by atoms with E-state index in [1.165, 1.54) is 6.08 Å². The van der Waals surface area contributed by atoms with Crippen LogP contribution >= 0.6 is 0 Å². The van der Waals surface area contributed by atoms with Crippen molar-refractivity contribution >= 4 is 5.78 Å². The number of allylic oxidation sites excluding steroid dienone is 4. The second-order valence-corrected chi connectivity index (χ2v) is 4.11. The number of ketones is 1. The van der Waals surface area contributed by atoms with E-state index >= 15 is 0 Å². The molecule has 0 saturated heterocycles. The molecule has 0 fully saturated rings. The molecule has 3 heteroatoms. The van der Waals surface area contributed by atoms with Crippen LogP contribution in [0.15, 0.2) is 47.7 Å². The molecule has 1 aliphatic carbocycles. The third-order valence-corrected chi connectivity index (χ3v) is 2.79. The van der Waals surface area contributed by atoms with E-state index in [1.54, 1.807) is 30.3 Å². The first-order chi connectivity index (χ1) is 8.15. The average molecular weight is 230 g/mol. The normalized spacial score (nSPS) is 18.2. The van der Waals surface area contributed by atoms with Crippen molar-refractivity contribution in [2.75, 3.05) is 0 Å². The molecule has 17 heavy (non-hydrogen) atoms. The molecule has 2 N–H and O–H groups in total. The third kappa shape index (κ3) is 2.97. The fourth-order valence-corrected chi connectivity index (χ4v) is 1.78. The van der Waals surface area contributed by atoms with E-state index in [9.17, 15) is 9.90 Å². The zero-order valence-corrected chi connectivity index (χ0v) is 9.39. The van der Waals surface area contributed by atoms with Crippen molar-refractivity contribution < 1.29 is 15.0 Å². The summed E-state index contributed by atoms with van der Waals surface area (Å²) in [4.78, 5) is 11.0. The summed E-state index contributed by atoms with van der Waals surface area (Å²) >= 11 is 0. The second kappa shape index (κ2) is 4.87. The monoisotopic (exact) mass is 230 g/mol. The Morgan fingerprint density at radius 1 is 1.12 bits per heavy atom. The molecule has 1 aliphatic rings. The predicted octanol–water partition coefficient (Wildman–Crippen LogP) is 2.67. The molecule has 0 radical (unpaired) electrons. The van der Waals surface area contributed by atoms with Gasteiger partial charge in [0.2, 0.25) is 0 Å². The van der Waals surface area contributed by atoms with Gasteiger partial charge in [-0.05, 0) is 35.8 Å². The molecule has 0 amide bonds. The summed E-state index contributed by atoms with van der Waals surface area (Å²) in [7, 11) is 0. The Morgan fingerprint density at radius 3 is 2.41 bits per heavy atom. The highest BCUT2D eigenvalue weighted by Crippen LogP contribution is 2.20. The third-order valence-electron chi connectivity index (χ3n) is 2.79. The average Bonchev–Trinajstić information content (AvgIpc) is 2.33. The van der Waals surface area contributed by atoms with Gasteiger partial charge in [0.25, 0.3) is 0 Å².